The zero-order valence-electron chi connectivity index (χ0n) is 12.0. The van der Waals surface area contributed by atoms with Crippen LogP contribution < -0.4 is 4.74 Å². The van der Waals surface area contributed by atoms with Crippen molar-refractivity contribution in [2.45, 2.75) is 31.7 Å². The van der Waals surface area contributed by atoms with E-state index in [0.29, 0.717) is 10.9 Å². The minimum Gasteiger partial charge on any atom is -0.473 e. The fourth-order valence-electron chi connectivity index (χ4n) is 2.78. The van der Waals surface area contributed by atoms with Crippen molar-refractivity contribution >= 4 is 11.6 Å². The third kappa shape index (κ3) is 4.54. The van der Waals surface area contributed by atoms with Crippen molar-refractivity contribution in [2.24, 2.45) is 0 Å². The van der Waals surface area contributed by atoms with Crippen molar-refractivity contribution in [3.63, 3.8) is 0 Å². The number of hydrogen-bond acceptors (Lipinski definition) is 5. The largest absolute Gasteiger partial charge is 0.473 e. The third-order valence-electron chi connectivity index (χ3n) is 3.82. The second-order valence-corrected chi connectivity index (χ2v) is 5.89. The lowest BCUT2D eigenvalue weighted by atomic mass is 10.1. The van der Waals surface area contributed by atoms with E-state index in [2.05, 4.69) is 9.88 Å². The number of nitrogens with zero attached hydrogens (tertiary/aromatic N) is 2. The summed E-state index contributed by atoms with van der Waals surface area (Å²) in [5.41, 5.74) is 0. The summed E-state index contributed by atoms with van der Waals surface area (Å²) >= 11 is 5.83. The van der Waals surface area contributed by atoms with Gasteiger partial charge in [0.25, 0.3) is 0 Å². The van der Waals surface area contributed by atoms with E-state index in [1.807, 2.05) is 6.07 Å². The first-order chi connectivity index (χ1) is 10.3. The molecule has 6 heteroatoms. The van der Waals surface area contributed by atoms with Crippen LogP contribution in [0.25, 0.3) is 0 Å². The fourth-order valence-corrected chi connectivity index (χ4v) is 2.89. The van der Waals surface area contributed by atoms with E-state index >= 15 is 0 Å². The number of aromatic nitrogens is 1. The minimum absolute atomic E-state index is 0.0239. The molecule has 0 aromatic carbocycles. The molecule has 0 N–H and O–H groups in total. The Hall–Kier alpha value is -0.880. The van der Waals surface area contributed by atoms with Gasteiger partial charge in [-0.3, -0.25) is 4.90 Å². The SMILES string of the molecule is Clc1ccc(O[C@@H]2CCCN(CCC3OCCO3)C2)nc1. The minimum atomic E-state index is -0.0239. The maximum Gasteiger partial charge on any atom is 0.213 e. The molecule has 21 heavy (non-hydrogen) atoms. The molecule has 0 amide bonds. The molecule has 2 saturated heterocycles. The van der Waals surface area contributed by atoms with E-state index in [1.54, 1.807) is 12.3 Å². The summed E-state index contributed by atoms with van der Waals surface area (Å²) in [6.07, 6.45) is 4.92. The number of halogens is 1. The van der Waals surface area contributed by atoms with Crippen LogP contribution in [0, 0.1) is 0 Å². The highest BCUT2D eigenvalue weighted by molar-refractivity contribution is 6.30. The van der Waals surface area contributed by atoms with Crippen LogP contribution in [-0.4, -0.2) is 55.1 Å². The van der Waals surface area contributed by atoms with Crippen LogP contribution in [0.1, 0.15) is 19.3 Å². The number of rotatable bonds is 5. The number of pyridine rings is 1. The second-order valence-electron chi connectivity index (χ2n) is 5.46. The summed E-state index contributed by atoms with van der Waals surface area (Å²) in [6.45, 7) is 4.47. The summed E-state index contributed by atoms with van der Waals surface area (Å²) in [7, 11) is 0. The van der Waals surface area contributed by atoms with Gasteiger partial charge in [-0.1, -0.05) is 11.6 Å². The molecule has 0 unspecified atom stereocenters. The van der Waals surface area contributed by atoms with Crippen LogP contribution in [-0.2, 0) is 9.47 Å². The molecule has 0 saturated carbocycles. The van der Waals surface area contributed by atoms with Gasteiger partial charge in [0, 0.05) is 31.8 Å². The molecule has 2 aliphatic rings. The van der Waals surface area contributed by atoms with Crippen molar-refractivity contribution in [3.8, 4) is 5.88 Å². The monoisotopic (exact) mass is 312 g/mol. The highest BCUT2D eigenvalue weighted by Gasteiger charge is 2.23. The maximum absolute atomic E-state index is 5.94. The van der Waals surface area contributed by atoms with Gasteiger partial charge in [0.15, 0.2) is 6.29 Å². The average molecular weight is 313 g/mol. The molecule has 3 rings (SSSR count). The third-order valence-corrected chi connectivity index (χ3v) is 4.05. The van der Waals surface area contributed by atoms with Gasteiger partial charge in [-0.05, 0) is 25.5 Å². The van der Waals surface area contributed by atoms with Gasteiger partial charge in [0.1, 0.15) is 6.10 Å². The standard InChI is InChI=1S/C15H21ClN2O3/c16-12-3-4-14(17-10-12)21-13-2-1-6-18(11-13)7-5-15-19-8-9-20-15/h3-4,10,13,15H,1-2,5-9,11H2/t13-/m1/s1. The van der Waals surface area contributed by atoms with Crippen molar-refractivity contribution < 1.29 is 14.2 Å². The number of hydrogen-bond donors (Lipinski definition) is 0. The van der Waals surface area contributed by atoms with Gasteiger partial charge in [-0.15, -0.1) is 0 Å². The lowest BCUT2D eigenvalue weighted by Gasteiger charge is -2.32. The molecule has 2 fully saturated rings. The van der Waals surface area contributed by atoms with Gasteiger partial charge in [0.05, 0.1) is 18.2 Å². The van der Waals surface area contributed by atoms with Gasteiger partial charge >= 0.3 is 0 Å². The predicted octanol–water partition coefficient (Wildman–Crippen LogP) is 2.34. The molecule has 1 aromatic heterocycles. The van der Waals surface area contributed by atoms with Crippen LogP contribution in [0.5, 0.6) is 5.88 Å². The van der Waals surface area contributed by atoms with E-state index in [4.69, 9.17) is 25.8 Å². The smallest absolute Gasteiger partial charge is 0.213 e. The Morgan fingerprint density at radius 1 is 1.33 bits per heavy atom. The Kier molecular flexibility index (Phi) is 5.30. The van der Waals surface area contributed by atoms with E-state index in [9.17, 15) is 0 Å². The maximum atomic E-state index is 5.94. The summed E-state index contributed by atoms with van der Waals surface area (Å²) in [6, 6.07) is 3.63. The molecule has 0 radical (unpaired) electrons. The highest BCUT2D eigenvalue weighted by atomic mass is 35.5. The molecular weight excluding hydrogens is 292 g/mol. The number of likely N-dealkylation sites (tertiary alicyclic amines) is 1. The molecular formula is C15H21ClN2O3. The van der Waals surface area contributed by atoms with E-state index < -0.39 is 0 Å². The van der Waals surface area contributed by atoms with Crippen molar-refractivity contribution in [1.29, 1.82) is 0 Å². The van der Waals surface area contributed by atoms with Crippen LogP contribution in [0.15, 0.2) is 18.3 Å². The van der Waals surface area contributed by atoms with E-state index in [1.165, 1.54) is 0 Å². The summed E-state index contributed by atoms with van der Waals surface area (Å²) in [5, 5.41) is 0.629. The van der Waals surface area contributed by atoms with E-state index in [-0.39, 0.29) is 12.4 Å². The zero-order valence-corrected chi connectivity index (χ0v) is 12.8. The topological polar surface area (TPSA) is 43.8 Å². The Bertz CT molecular complexity index is 437. The van der Waals surface area contributed by atoms with Crippen LogP contribution >= 0.6 is 11.6 Å². The van der Waals surface area contributed by atoms with Gasteiger partial charge in [-0.2, -0.15) is 0 Å². The second kappa shape index (κ2) is 7.40. The van der Waals surface area contributed by atoms with Crippen LogP contribution in [0.2, 0.25) is 5.02 Å². The first-order valence-corrected chi connectivity index (χ1v) is 7.91. The molecule has 2 aliphatic heterocycles. The van der Waals surface area contributed by atoms with Gasteiger partial charge in [0.2, 0.25) is 5.88 Å². The quantitative estimate of drug-likeness (QED) is 0.835. The predicted molar refractivity (Wildman–Crippen MR) is 79.6 cm³/mol. The lowest BCUT2D eigenvalue weighted by molar-refractivity contribution is -0.0543. The van der Waals surface area contributed by atoms with Crippen molar-refractivity contribution in [3.05, 3.63) is 23.4 Å². The van der Waals surface area contributed by atoms with Crippen LogP contribution in [0.4, 0.5) is 0 Å². The Morgan fingerprint density at radius 2 is 2.19 bits per heavy atom. The highest BCUT2D eigenvalue weighted by Crippen LogP contribution is 2.19. The lowest BCUT2D eigenvalue weighted by Crippen LogP contribution is -2.42. The zero-order chi connectivity index (χ0) is 14.5. The van der Waals surface area contributed by atoms with Crippen LogP contribution in [0.3, 0.4) is 0 Å². The number of ether oxygens (including phenoxy) is 3. The summed E-state index contributed by atoms with van der Waals surface area (Å²) in [4.78, 5) is 6.61. The van der Waals surface area contributed by atoms with Crippen molar-refractivity contribution in [2.75, 3.05) is 32.8 Å². The van der Waals surface area contributed by atoms with Gasteiger partial charge in [-0.25, -0.2) is 4.98 Å². The van der Waals surface area contributed by atoms with Gasteiger partial charge < -0.3 is 14.2 Å². The molecule has 0 aliphatic carbocycles. The first kappa shape index (κ1) is 15.0. The molecule has 1 atom stereocenters. The van der Waals surface area contributed by atoms with Crippen molar-refractivity contribution in [1.82, 2.24) is 9.88 Å². The first-order valence-electron chi connectivity index (χ1n) is 7.53. The Balaban J connectivity index is 1.45. The molecule has 1 aromatic rings. The Labute approximate surface area is 130 Å². The molecule has 3 heterocycles. The number of piperidine rings is 1. The molecule has 0 bridgehead atoms. The van der Waals surface area contributed by atoms with E-state index in [0.717, 1.165) is 52.1 Å². The molecule has 5 nitrogen and oxygen atoms in total. The Morgan fingerprint density at radius 3 is 2.95 bits per heavy atom. The summed E-state index contributed by atoms with van der Waals surface area (Å²) in [5.74, 6) is 0.647. The normalized spacial score (nSPS) is 24.3. The summed E-state index contributed by atoms with van der Waals surface area (Å²) < 4.78 is 16.9. The molecule has 0 spiro atoms. The fraction of sp³-hybridized carbons (Fsp3) is 0.667. The molecule has 116 valence electrons. The average Bonchev–Trinajstić information content (AvgIpc) is 3.01.